The maximum absolute atomic E-state index is 13.9. The zero-order chi connectivity index (χ0) is 50.6. The lowest BCUT2D eigenvalue weighted by atomic mass is 9.99. The fraction of sp³-hybridized carbons (Fsp3) is 0.231. The number of halogens is 2. The average Bonchev–Trinajstić information content (AvgIpc) is 3.77. The van der Waals surface area contributed by atoms with Crippen molar-refractivity contribution < 1.29 is 19.1 Å². The minimum atomic E-state index is -0.625. The second-order valence-corrected chi connectivity index (χ2v) is 17.3. The fourth-order valence-corrected chi connectivity index (χ4v) is 8.58. The van der Waals surface area contributed by atoms with Crippen LogP contribution < -0.4 is 41.9 Å². The molecule has 2 unspecified atom stereocenters. The van der Waals surface area contributed by atoms with Gasteiger partial charge >= 0.3 is 0 Å². The minimum absolute atomic E-state index is 0.137. The number of anilines is 2. The maximum atomic E-state index is 13.9. The standard InChI is InChI=1S/2C26H26ClN5O3/c1-5-35-24-20(7-6-12-29-24)30-16(3)21-22(28)23(17-8-10-18(27)11-9-17)32(26(21)34)19-13-15(2)25(33)31(4)14-19;1-5-35-24-20(7-6-12-29-24)30-22-21(16(3)28)26(34)32(19-13-15(2)25(33)31(4)14-19)23(22)17-8-10-18(27)11-9-17/h2*6-14,23H,5,28H2,1-4H3. The van der Waals surface area contributed by atoms with Crippen molar-refractivity contribution in [2.24, 2.45) is 35.5 Å². The van der Waals surface area contributed by atoms with Crippen LogP contribution in [-0.4, -0.2) is 55.6 Å². The zero-order valence-corrected chi connectivity index (χ0v) is 41.4. The van der Waals surface area contributed by atoms with E-state index in [0.29, 0.717) is 103 Å². The van der Waals surface area contributed by atoms with Crippen molar-refractivity contribution in [3.05, 3.63) is 185 Å². The van der Waals surface area contributed by atoms with Crippen LogP contribution in [0.5, 0.6) is 11.8 Å². The van der Waals surface area contributed by atoms with E-state index in [1.807, 2.05) is 38.1 Å². The SMILES string of the molecule is CCOc1ncccc1N=C(C)C1=C(N)C(c2ccc(Cl)cc2)N(c2cc(C)c(=O)n(C)c2)C1=O.CCOc1ncccc1N=C1C(=C(C)N)C(=O)N(c2cc(C)c(=O)n(C)c2)C1c1ccc(Cl)cc1. The Labute approximate surface area is 414 Å². The van der Waals surface area contributed by atoms with Crippen LogP contribution in [0.2, 0.25) is 10.0 Å². The summed E-state index contributed by atoms with van der Waals surface area (Å²) in [5, 5.41) is 1.14. The summed E-state index contributed by atoms with van der Waals surface area (Å²) in [5.74, 6) is 0.0983. The third-order valence-corrected chi connectivity index (χ3v) is 12.0. The van der Waals surface area contributed by atoms with Gasteiger partial charge in [-0.1, -0.05) is 47.5 Å². The third kappa shape index (κ3) is 10.1. The number of aryl methyl sites for hydroxylation is 4. The van der Waals surface area contributed by atoms with Gasteiger partial charge in [-0.05, 0) is 113 Å². The number of rotatable bonds is 11. The molecule has 0 aliphatic carbocycles. The van der Waals surface area contributed by atoms with E-state index >= 15 is 0 Å². The summed E-state index contributed by atoms with van der Waals surface area (Å²) in [6, 6.07) is 23.6. The van der Waals surface area contributed by atoms with Gasteiger partial charge in [-0.2, -0.15) is 0 Å². The van der Waals surface area contributed by atoms with Crippen molar-refractivity contribution in [2.75, 3.05) is 23.0 Å². The smallest absolute Gasteiger partial charge is 0.262 e. The van der Waals surface area contributed by atoms with Gasteiger partial charge in [0.05, 0.1) is 52.9 Å². The van der Waals surface area contributed by atoms with Crippen LogP contribution in [-0.2, 0) is 23.7 Å². The molecule has 8 rings (SSSR count). The molecule has 70 heavy (non-hydrogen) atoms. The second-order valence-electron chi connectivity index (χ2n) is 16.5. The fourth-order valence-electron chi connectivity index (χ4n) is 8.33. The van der Waals surface area contributed by atoms with Crippen LogP contribution in [0, 0.1) is 13.8 Å². The Bertz CT molecular complexity index is 3190. The zero-order valence-electron chi connectivity index (χ0n) is 39.9. The number of ether oxygens (including phenoxy) is 2. The number of aliphatic imine (C=N–C) groups is 2. The summed E-state index contributed by atoms with van der Waals surface area (Å²) in [5.41, 5.74) is 19.5. The van der Waals surface area contributed by atoms with Crippen molar-refractivity contribution >= 4 is 69.2 Å². The Balaban J connectivity index is 0.000000206. The molecule has 0 saturated carbocycles. The lowest BCUT2D eigenvalue weighted by Crippen LogP contribution is -2.33. The van der Waals surface area contributed by atoms with Gasteiger partial charge < -0.3 is 30.1 Å². The van der Waals surface area contributed by atoms with Crippen LogP contribution in [0.1, 0.15) is 62.0 Å². The van der Waals surface area contributed by atoms with Gasteiger partial charge in [-0.25, -0.2) is 20.0 Å². The lowest BCUT2D eigenvalue weighted by Gasteiger charge is -2.27. The largest absolute Gasteiger partial charge is 0.476 e. The van der Waals surface area contributed by atoms with Gasteiger partial charge in [0.15, 0.2) is 0 Å². The molecule has 6 heterocycles. The van der Waals surface area contributed by atoms with Crippen LogP contribution >= 0.6 is 23.2 Å². The summed E-state index contributed by atoms with van der Waals surface area (Å²) >= 11 is 12.3. The first-order chi connectivity index (χ1) is 33.4. The van der Waals surface area contributed by atoms with E-state index < -0.39 is 12.1 Å². The monoisotopic (exact) mass is 982 g/mol. The van der Waals surface area contributed by atoms with E-state index in [1.54, 1.807) is 137 Å². The summed E-state index contributed by atoms with van der Waals surface area (Å²) in [6.45, 7) is 11.4. The first kappa shape index (κ1) is 50.1. The molecular formula is C52H52Cl2N10O6. The van der Waals surface area contributed by atoms with Crippen LogP contribution in [0.3, 0.4) is 0 Å². The first-order valence-corrected chi connectivity index (χ1v) is 23.0. The van der Waals surface area contributed by atoms with Gasteiger partial charge in [-0.15, -0.1) is 0 Å². The predicted molar refractivity (Wildman–Crippen MR) is 275 cm³/mol. The molecule has 4 N–H and O–H groups in total. The van der Waals surface area contributed by atoms with Crippen molar-refractivity contribution in [2.45, 2.75) is 53.6 Å². The molecule has 18 heteroatoms. The number of nitrogens with zero attached hydrogens (tertiary/aromatic N) is 8. The molecule has 0 radical (unpaired) electrons. The average molecular weight is 984 g/mol. The van der Waals surface area contributed by atoms with Gasteiger partial charge in [0.1, 0.15) is 23.5 Å². The van der Waals surface area contributed by atoms with E-state index in [9.17, 15) is 19.2 Å². The van der Waals surface area contributed by atoms with Crippen molar-refractivity contribution in [1.82, 2.24) is 19.1 Å². The number of nitrogens with two attached hydrogens (primary N) is 2. The summed E-state index contributed by atoms with van der Waals surface area (Å²) in [6.07, 6.45) is 6.51. The molecule has 360 valence electrons. The number of hydrogen-bond donors (Lipinski definition) is 2. The van der Waals surface area contributed by atoms with E-state index in [4.69, 9.17) is 49.1 Å². The molecule has 2 aliphatic heterocycles. The molecule has 4 aromatic heterocycles. The number of carbonyl (C=O) groups is 2. The maximum Gasteiger partial charge on any atom is 0.262 e. The molecule has 16 nitrogen and oxygen atoms in total. The summed E-state index contributed by atoms with van der Waals surface area (Å²) < 4.78 is 14.2. The number of carbonyl (C=O) groups excluding carboxylic acids is 2. The number of pyridine rings is 4. The van der Waals surface area contributed by atoms with E-state index in [-0.39, 0.29) is 22.9 Å². The molecule has 6 aromatic rings. The minimum Gasteiger partial charge on any atom is -0.476 e. The predicted octanol–water partition coefficient (Wildman–Crippen LogP) is 8.47. The number of aromatic nitrogens is 4. The Morgan fingerprint density at radius 3 is 1.61 bits per heavy atom. The van der Waals surface area contributed by atoms with Gasteiger partial charge in [0, 0.05) is 65.8 Å². The third-order valence-electron chi connectivity index (χ3n) is 11.5. The van der Waals surface area contributed by atoms with Crippen LogP contribution in [0.15, 0.2) is 152 Å². The molecular weight excluding hydrogens is 932 g/mol. The highest BCUT2D eigenvalue weighted by atomic mass is 35.5. The highest BCUT2D eigenvalue weighted by Crippen LogP contribution is 2.42. The molecule has 0 bridgehead atoms. The van der Waals surface area contributed by atoms with Gasteiger partial charge in [-0.3, -0.25) is 29.0 Å². The van der Waals surface area contributed by atoms with E-state index in [2.05, 4.69) is 15.0 Å². The normalized spacial score (nSPS) is 17.3. The molecule has 0 spiro atoms. The first-order valence-electron chi connectivity index (χ1n) is 22.2. The number of hydrogen-bond acceptors (Lipinski definition) is 12. The molecule has 2 atom stereocenters. The number of amides is 2. The van der Waals surface area contributed by atoms with Crippen molar-refractivity contribution in [1.29, 1.82) is 0 Å². The van der Waals surface area contributed by atoms with Crippen LogP contribution in [0.4, 0.5) is 22.7 Å². The summed E-state index contributed by atoms with van der Waals surface area (Å²) in [7, 11) is 3.30. The molecule has 2 aromatic carbocycles. The molecule has 1 fully saturated rings. The molecule has 2 amide bonds. The Morgan fingerprint density at radius 1 is 0.686 bits per heavy atom. The lowest BCUT2D eigenvalue weighted by molar-refractivity contribution is -0.115. The van der Waals surface area contributed by atoms with Gasteiger partial charge in [0.25, 0.3) is 22.9 Å². The van der Waals surface area contributed by atoms with Crippen LogP contribution in [0.25, 0.3) is 0 Å². The topological polar surface area (TPSA) is 206 Å². The Hall–Kier alpha value is -7.82. The highest BCUT2D eigenvalue weighted by Gasteiger charge is 2.45. The quantitative estimate of drug-likeness (QED) is 0.0936. The summed E-state index contributed by atoms with van der Waals surface area (Å²) in [4.78, 5) is 73.6. The van der Waals surface area contributed by atoms with E-state index in [0.717, 1.165) is 11.1 Å². The number of benzene rings is 2. The van der Waals surface area contributed by atoms with Crippen molar-refractivity contribution in [3.8, 4) is 11.8 Å². The highest BCUT2D eigenvalue weighted by molar-refractivity contribution is 6.36. The van der Waals surface area contributed by atoms with Crippen molar-refractivity contribution in [3.63, 3.8) is 0 Å². The molecule has 2 aliphatic rings. The van der Waals surface area contributed by atoms with Gasteiger partial charge in [0.2, 0.25) is 11.8 Å². The van der Waals surface area contributed by atoms with E-state index in [1.165, 1.54) is 9.13 Å². The Morgan fingerprint density at radius 2 is 1.14 bits per heavy atom. The Kier molecular flexibility index (Phi) is 15.2. The second kappa shape index (κ2) is 21.2. The number of allylic oxidation sites excluding steroid dienone is 1. The molecule has 1 saturated heterocycles.